The fourth-order valence-electron chi connectivity index (χ4n) is 1.12. The number of aromatic nitrogens is 2. The molecule has 0 radical (unpaired) electrons. The molecule has 0 N–H and O–H groups in total. The Hall–Kier alpha value is -0.740. The fourth-order valence-corrected chi connectivity index (χ4v) is 2.28. The molecule has 0 aliphatic rings. The molecule has 70 valence electrons. The van der Waals surface area contributed by atoms with E-state index in [0.29, 0.717) is 0 Å². The molecule has 2 nitrogen and oxygen atoms in total. The summed E-state index contributed by atoms with van der Waals surface area (Å²) in [5, 5.41) is 0. The predicted octanol–water partition coefficient (Wildman–Crippen LogP) is 3.67. The zero-order valence-corrected chi connectivity index (χ0v) is 10.3. The van der Waals surface area contributed by atoms with E-state index in [9.17, 15) is 0 Å². The largest absolute Gasteiger partial charge is 0.256 e. The van der Waals surface area contributed by atoms with Gasteiger partial charge in [-0.3, -0.25) is 4.98 Å². The average molecular weight is 314 g/mol. The van der Waals surface area contributed by atoms with Crippen molar-refractivity contribution in [2.45, 2.75) is 0 Å². The molecular formula is C10H6Br2N2. The first-order valence-corrected chi connectivity index (χ1v) is 5.58. The molecule has 4 heteroatoms. The van der Waals surface area contributed by atoms with Crippen molar-refractivity contribution in [3.63, 3.8) is 0 Å². The van der Waals surface area contributed by atoms with Crippen LogP contribution in [0.1, 0.15) is 0 Å². The lowest BCUT2D eigenvalue weighted by Crippen LogP contribution is -1.85. The first kappa shape index (κ1) is 9.80. The van der Waals surface area contributed by atoms with Crippen molar-refractivity contribution in [2.75, 3.05) is 0 Å². The van der Waals surface area contributed by atoms with E-state index < -0.39 is 0 Å². The molecule has 2 rings (SSSR count). The Balaban J connectivity index is 2.53. The standard InChI is InChI=1S/C10H6Br2N2/c11-8-5-10(12)14-6-7(8)9-3-1-2-4-13-9/h1-6H. The predicted molar refractivity (Wildman–Crippen MR) is 62.9 cm³/mol. The molecule has 0 unspecified atom stereocenters. The van der Waals surface area contributed by atoms with Crippen molar-refractivity contribution in [2.24, 2.45) is 0 Å². The van der Waals surface area contributed by atoms with Crippen molar-refractivity contribution >= 4 is 31.9 Å². The van der Waals surface area contributed by atoms with E-state index >= 15 is 0 Å². The van der Waals surface area contributed by atoms with E-state index in [2.05, 4.69) is 41.8 Å². The Morgan fingerprint density at radius 3 is 2.57 bits per heavy atom. The minimum absolute atomic E-state index is 0.809. The van der Waals surface area contributed by atoms with Crippen LogP contribution < -0.4 is 0 Å². The van der Waals surface area contributed by atoms with Gasteiger partial charge in [-0.05, 0) is 50.1 Å². The molecular weight excluding hydrogens is 308 g/mol. The van der Waals surface area contributed by atoms with E-state index in [1.807, 2.05) is 24.3 Å². The fraction of sp³-hybridized carbons (Fsp3) is 0. The maximum Gasteiger partial charge on any atom is 0.107 e. The van der Waals surface area contributed by atoms with Crippen LogP contribution in [0.3, 0.4) is 0 Å². The summed E-state index contributed by atoms with van der Waals surface area (Å²) in [6, 6.07) is 7.71. The zero-order valence-electron chi connectivity index (χ0n) is 7.11. The number of halogens is 2. The lowest BCUT2D eigenvalue weighted by Gasteiger charge is -2.02. The molecule has 0 aromatic carbocycles. The van der Waals surface area contributed by atoms with Crippen LogP contribution in [0, 0.1) is 0 Å². The zero-order chi connectivity index (χ0) is 9.97. The third kappa shape index (κ3) is 2.01. The summed E-state index contributed by atoms with van der Waals surface area (Å²) in [6.45, 7) is 0. The monoisotopic (exact) mass is 312 g/mol. The van der Waals surface area contributed by atoms with Gasteiger partial charge in [0, 0.05) is 22.4 Å². The van der Waals surface area contributed by atoms with Gasteiger partial charge < -0.3 is 0 Å². The molecule has 0 aliphatic heterocycles. The van der Waals surface area contributed by atoms with Gasteiger partial charge in [0.1, 0.15) is 4.60 Å². The highest BCUT2D eigenvalue weighted by atomic mass is 79.9. The molecule has 2 aromatic heterocycles. The molecule has 0 atom stereocenters. The highest BCUT2D eigenvalue weighted by Gasteiger charge is 2.04. The highest BCUT2D eigenvalue weighted by Crippen LogP contribution is 2.27. The van der Waals surface area contributed by atoms with Gasteiger partial charge in [0.25, 0.3) is 0 Å². The van der Waals surface area contributed by atoms with E-state index in [-0.39, 0.29) is 0 Å². The Morgan fingerprint density at radius 1 is 1.07 bits per heavy atom. The summed E-state index contributed by atoms with van der Waals surface area (Å²) in [7, 11) is 0. The SMILES string of the molecule is Brc1cc(Br)c(-c2ccccn2)cn1. The lowest BCUT2D eigenvalue weighted by molar-refractivity contribution is 1.24. The van der Waals surface area contributed by atoms with Crippen LogP contribution in [0.2, 0.25) is 0 Å². The summed E-state index contributed by atoms with van der Waals surface area (Å²) >= 11 is 6.78. The van der Waals surface area contributed by atoms with Crippen molar-refractivity contribution in [1.29, 1.82) is 0 Å². The summed E-state index contributed by atoms with van der Waals surface area (Å²) < 4.78 is 1.79. The quantitative estimate of drug-likeness (QED) is 0.751. The van der Waals surface area contributed by atoms with Crippen LogP contribution in [0.5, 0.6) is 0 Å². The smallest absolute Gasteiger partial charge is 0.107 e. The molecule has 2 heterocycles. The normalized spacial score (nSPS) is 10.1. The van der Waals surface area contributed by atoms with Gasteiger partial charge in [-0.15, -0.1) is 0 Å². The third-order valence-electron chi connectivity index (χ3n) is 1.76. The summed E-state index contributed by atoms with van der Waals surface area (Å²) in [6.07, 6.45) is 3.56. The minimum atomic E-state index is 0.809. The van der Waals surface area contributed by atoms with Crippen molar-refractivity contribution in [1.82, 2.24) is 9.97 Å². The van der Waals surface area contributed by atoms with Gasteiger partial charge in [-0.1, -0.05) is 6.07 Å². The Bertz CT molecular complexity index is 443. The van der Waals surface area contributed by atoms with Crippen molar-refractivity contribution in [3.8, 4) is 11.3 Å². The highest BCUT2D eigenvalue weighted by molar-refractivity contribution is 9.11. The van der Waals surface area contributed by atoms with Gasteiger partial charge in [-0.2, -0.15) is 0 Å². The van der Waals surface area contributed by atoms with Crippen LogP contribution in [0.15, 0.2) is 45.7 Å². The van der Waals surface area contributed by atoms with Crippen LogP contribution in [0.25, 0.3) is 11.3 Å². The number of hydrogen-bond donors (Lipinski definition) is 0. The summed E-state index contributed by atoms with van der Waals surface area (Å²) in [5.74, 6) is 0. The van der Waals surface area contributed by atoms with Crippen LogP contribution in [-0.2, 0) is 0 Å². The first-order valence-electron chi connectivity index (χ1n) is 4.00. The van der Waals surface area contributed by atoms with Gasteiger partial charge >= 0.3 is 0 Å². The van der Waals surface area contributed by atoms with E-state index in [4.69, 9.17) is 0 Å². The van der Waals surface area contributed by atoms with Gasteiger partial charge in [0.2, 0.25) is 0 Å². The second-order valence-corrected chi connectivity index (χ2v) is 4.37. The molecule has 14 heavy (non-hydrogen) atoms. The molecule has 0 aliphatic carbocycles. The second-order valence-electron chi connectivity index (χ2n) is 2.70. The average Bonchev–Trinajstić information content (AvgIpc) is 2.19. The van der Waals surface area contributed by atoms with Crippen LogP contribution >= 0.6 is 31.9 Å². The van der Waals surface area contributed by atoms with Crippen molar-refractivity contribution < 1.29 is 0 Å². The maximum absolute atomic E-state index is 4.25. The van der Waals surface area contributed by atoms with Crippen LogP contribution in [-0.4, -0.2) is 9.97 Å². The number of nitrogens with zero attached hydrogens (tertiary/aromatic N) is 2. The number of pyridine rings is 2. The summed E-state index contributed by atoms with van der Waals surface area (Å²) in [5.41, 5.74) is 1.91. The van der Waals surface area contributed by atoms with Gasteiger partial charge in [0.05, 0.1) is 5.69 Å². The first-order chi connectivity index (χ1) is 6.77. The van der Waals surface area contributed by atoms with Crippen LogP contribution in [0.4, 0.5) is 0 Å². The molecule has 0 spiro atoms. The molecule has 0 amide bonds. The second kappa shape index (κ2) is 4.19. The number of rotatable bonds is 1. The Kier molecular flexibility index (Phi) is 2.93. The molecule has 2 aromatic rings. The Labute approximate surface area is 98.7 Å². The van der Waals surface area contributed by atoms with Gasteiger partial charge in [0.15, 0.2) is 0 Å². The van der Waals surface area contributed by atoms with Crippen molar-refractivity contribution in [3.05, 3.63) is 45.7 Å². The number of hydrogen-bond acceptors (Lipinski definition) is 2. The molecule has 0 saturated carbocycles. The lowest BCUT2D eigenvalue weighted by atomic mass is 10.2. The van der Waals surface area contributed by atoms with E-state index in [1.54, 1.807) is 12.4 Å². The van der Waals surface area contributed by atoms with Gasteiger partial charge in [-0.25, -0.2) is 4.98 Å². The third-order valence-corrected chi connectivity index (χ3v) is 2.85. The van der Waals surface area contributed by atoms with E-state index in [0.717, 1.165) is 20.3 Å². The maximum atomic E-state index is 4.25. The minimum Gasteiger partial charge on any atom is -0.256 e. The summed E-state index contributed by atoms with van der Waals surface area (Å²) in [4.78, 5) is 8.42. The topological polar surface area (TPSA) is 25.8 Å². The van der Waals surface area contributed by atoms with E-state index in [1.165, 1.54) is 0 Å². The Morgan fingerprint density at radius 2 is 1.93 bits per heavy atom. The molecule has 0 bridgehead atoms. The molecule has 0 saturated heterocycles. The molecule has 0 fully saturated rings.